The first-order valence-electron chi connectivity index (χ1n) is 9.30. The van der Waals surface area contributed by atoms with Crippen LogP contribution in [0.5, 0.6) is 0 Å². The second kappa shape index (κ2) is 7.09. The van der Waals surface area contributed by atoms with Crippen LogP contribution in [0.2, 0.25) is 5.02 Å². The monoisotopic (exact) mass is 445 g/mol. The van der Waals surface area contributed by atoms with Crippen molar-refractivity contribution in [2.75, 3.05) is 30.3 Å². The summed E-state index contributed by atoms with van der Waals surface area (Å²) in [7, 11) is 0. The fourth-order valence-electron chi connectivity index (χ4n) is 4.35. The maximum absolute atomic E-state index is 6.21. The van der Waals surface area contributed by atoms with E-state index in [1.807, 2.05) is 19.2 Å². The summed E-state index contributed by atoms with van der Waals surface area (Å²) in [5.41, 5.74) is 13.1. The number of nitrogens with zero attached hydrogens (tertiary/aromatic N) is 5. The van der Waals surface area contributed by atoms with E-state index >= 15 is 0 Å². The van der Waals surface area contributed by atoms with E-state index in [0.29, 0.717) is 29.2 Å². The zero-order valence-corrected chi connectivity index (χ0v) is 18.1. The van der Waals surface area contributed by atoms with Gasteiger partial charge in [0.1, 0.15) is 21.7 Å². The van der Waals surface area contributed by atoms with Crippen LogP contribution in [0.1, 0.15) is 10.7 Å². The molecule has 5 rings (SSSR count). The Kier molecular flexibility index (Phi) is 4.65. The summed E-state index contributed by atoms with van der Waals surface area (Å²) in [6.45, 7) is 4.57. The first kappa shape index (κ1) is 19.0. The Morgan fingerprint density at radius 1 is 1.28 bits per heavy atom. The number of aromatic nitrogens is 4. The number of hydrogen-bond acceptors (Lipinski definition) is 9. The summed E-state index contributed by atoms with van der Waals surface area (Å²) in [4.78, 5) is 21.0. The SMILES string of the molecule is Cc1csc([C@]2(CN)[C@@H]3CN(c4cnc(Sc5ccnc(N)c5Cl)cn4)C[C@@H]32)n1. The molecular formula is C19H20ClN7S2. The quantitative estimate of drug-likeness (QED) is 0.617. The maximum atomic E-state index is 6.21. The molecule has 1 aliphatic carbocycles. The fraction of sp³-hybridized carbons (Fsp3) is 0.368. The smallest absolute Gasteiger partial charge is 0.147 e. The summed E-state index contributed by atoms with van der Waals surface area (Å²) >= 11 is 9.37. The molecule has 0 bridgehead atoms. The first-order valence-corrected chi connectivity index (χ1v) is 11.4. The van der Waals surface area contributed by atoms with E-state index in [4.69, 9.17) is 28.1 Å². The normalized spacial score (nSPS) is 25.3. The van der Waals surface area contributed by atoms with E-state index in [1.165, 1.54) is 16.8 Å². The van der Waals surface area contributed by atoms with E-state index in [9.17, 15) is 0 Å². The Morgan fingerprint density at radius 2 is 2.07 bits per heavy atom. The number of aryl methyl sites for hydroxylation is 1. The number of pyridine rings is 1. The number of nitrogens with two attached hydrogens (primary N) is 2. The lowest BCUT2D eigenvalue weighted by Gasteiger charge is -2.25. The molecule has 150 valence electrons. The third-order valence-corrected chi connectivity index (χ3v) is 8.57. The van der Waals surface area contributed by atoms with Gasteiger partial charge in [-0.25, -0.2) is 19.9 Å². The number of anilines is 2. The Morgan fingerprint density at radius 3 is 2.69 bits per heavy atom. The van der Waals surface area contributed by atoms with Gasteiger partial charge in [0.2, 0.25) is 0 Å². The van der Waals surface area contributed by atoms with Crippen LogP contribution in [0.3, 0.4) is 0 Å². The molecule has 0 amide bonds. The topological polar surface area (TPSA) is 107 Å². The standard InChI is InChI=1S/C19H20ClN7S2/c1-10-8-28-18(26-10)19(9-21)11-6-27(7-12(11)19)14-4-25-15(5-24-14)29-13-2-3-23-17(22)16(13)20/h2-5,8,11-12H,6-7,9,21H2,1H3,(H2,22,23)/t11-,12+,19-. The molecule has 0 unspecified atom stereocenters. The highest BCUT2D eigenvalue weighted by molar-refractivity contribution is 7.99. The van der Waals surface area contributed by atoms with E-state index in [2.05, 4.69) is 25.2 Å². The Labute approximate surface area is 181 Å². The predicted molar refractivity (Wildman–Crippen MR) is 117 cm³/mol. The number of piperidine rings is 1. The van der Waals surface area contributed by atoms with Gasteiger partial charge >= 0.3 is 0 Å². The predicted octanol–water partition coefficient (Wildman–Crippen LogP) is 2.99. The van der Waals surface area contributed by atoms with Crippen LogP contribution in [-0.4, -0.2) is 39.6 Å². The highest BCUT2D eigenvalue weighted by Crippen LogP contribution is 2.63. The number of fused-ring (bicyclic) bond motifs is 1. The highest BCUT2D eigenvalue weighted by Gasteiger charge is 2.69. The molecule has 0 spiro atoms. The van der Waals surface area contributed by atoms with E-state index in [1.54, 1.807) is 23.7 Å². The van der Waals surface area contributed by atoms with Crippen LogP contribution < -0.4 is 16.4 Å². The maximum Gasteiger partial charge on any atom is 0.147 e. The summed E-state index contributed by atoms with van der Waals surface area (Å²) in [5, 5.41) is 4.51. The van der Waals surface area contributed by atoms with Gasteiger partial charge in [-0.3, -0.25) is 0 Å². The molecule has 3 atom stereocenters. The number of halogens is 1. The van der Waals surface area contributed by atoms with Crippen molar-refractivity contribution in [1.82, 2.24) is 19.9 Å². The average Bonchev–Trinajstić information content (AvgIpc) is 3.07. The zero-order valence-electron chi connectivity index (χ0n) is 15.7. The molecule has 1 aliphatic heterocycles. The van der Waals surface area contributed by atoms with Crippen LogP contribution in [0.4, 0.5) is 11.6 Å². The molecule has 7 nitrogen and oxygen atoms in total. The molecule has 10 heteroatoms. The van der Waals surface area contributed by atoms with Crippen LogP contribution in [0, 0.1) is 18.8 Å². The van der Waals surface area contributed by atoms with Gasteiger partial charge in [-0.05, 0) is 24.8 Å². The second-order valence-corrected chi connectivity index (χ2v) is 9.78. The molecule has 4 N–H and O–H groups in total. The molecule has 3 aromatic heterocycles. The molecular weight excluding hydrogens is 426 g/mol. The third kappa shape index (κ3) is 3.07. The van der Waals surface area contributed by atoms with Crippen molar-refractivity contribution in [3.8, 4) is 0 Å². The van der Waals surface area contributed by atoms with E-state index in [-0.39, 0.29) is 5.41 Å². The largest absolute Gasteiger partial charge is 0.382 e. The Hall–Kier alpha value is -1.94. The minimum atomic E-state index is 0.0523. The summed E-state index contributed by atoms with van der Waals surface area (Å²) < 4.78 is 0. The van der Waals surface area contributed by atoms with Crippen molar-refractivity contribution < 1.29 is 0 Å². The van der Waals surface area contributed by atoms with Crippen molar-refractivity contribution in [3.05, 3.63) is 45.8 Å². The minimum absolute atomic E-state index is 0.0523. The van der Waals surface area contributed by atoms with Crippen molar-refractivity contribution >= 4 is 46.3 Å². The lowest BCUT2D eigenvalue weighted by molar-refractivity contribution is 0.548. The van der Waals surface area contributed by atoms with Gasteiger partial charge in [-0.2, -0.15) is 0 Å². The first-order chi connectivity index (χ1) is 14.0. The molecule has 1 saturated heterocycles. The summed E-state index contributed by atoms with van der Waals surface area (Å²) in [6, 6.07) is 1.82. The van der Waals surface area contributed by atoms with Gasteiger partial charge in [0.05, 0.1) is 17.4 Å². The third-order valence-electron chi connectivity index (χ3n) is 5.92. The molecule has 4 heterocycles. The molecule has 0 aromatic carbocycles. The van der Waals surface area contributed by atoms with Crippen LogP contribution in [-0.2, 0) is 5.41 Å². The minimum Gasteiger partial charge on any atom is -0.382 e. The zero-order chi connectivity index (χ0) is 20.2. The molecule has 3 aromatic rings. The number of nitrogen functional groups attached to an aromatic ring is 1. The van der Waals surface area contributed by atoms with Crippen molar-refractivity contribution in [1.29, 1.82) is 0 Å². The van der Waals surface area contributed by atoms with Gasteiger partial charge < -0.3 is 16.4 Å². The van der Waals surface area contributed by atoms with Crippen molar-refractivity contribution in [2.24, 2.45) is 17.6 Å². The molecule has 29 heavy (non-hydrogen) atoms. The van der Waals surface area contributed by atoms with Gasteiger partial charge in [0.25, 0.3) is 0 Å². The number of thiazole rings is 1. The Bertz CT molecular complexity index is 1040. The molecule has 2 aliphatic rings. The van der Waals surface area contributed by atoms with E-state index < -0.39 is 0 Å². The molecule has 0 radical (unpaired) electrons. The van der Waals surface area contributed by atoms with Gasteiger partial charge in [-0.15, -0.1) is 11.3 Å². The summed E-state index contributed by atoms with van der Waals surface area (Å²) in [6.07, 6.45) is 5.23. The average molecular weight is 446 g/mol. The lowest BCUT2D eigenvalue weighted by atomic mass is 10.0. The fourth-order valence-corrected chi connectivity index (χ4v) is 6.48. The second-order valence-electron chi connectivity index (χ2n) is 7.48. The Balaban J connectivity index is 1.28. The van der Waals surface area contributed by atoms with Crippen molar-refractivity contribution in [2.45, 2.75) is 22.3 Å². The lowest BCUT2D eigenvalue weighted by Crippen LogP contribution is -2.35. The summed E-state index contributed by atoms with van der Waals surface area (Å²) in [5.74, 6) is 2.28. The number of rotatable bonds is 5. The van der Waals surface area contributed by atoms with Gasteiger partial charge in [0, 0.05) is 47.2 Å². The van der Waals surface area contributed by atoms with Crippen molar-refractivity contribution in [3.63, 3.8) is 0 Å². The highest BCUT2D eigenvalue weighted by atomic mass is 35.5. The van der Waals surface area contributed by atoms with E-state index in [0.717, 1.165) is 34.5 Å². The number of hydrogen-bond donors (Lipinski definition) is 2. The molecule has 1 saturated carbocycles. The van der Waals surface area contributed by atoms with Crippen LogP contribution >= 0.6 is 34.7 Å². The molecule has 2 fully saturated rings. The van der Waals surface area contributed by atoms with Crippen LogP contribution in [0.25, 0.3) is 0 Å². The van der Waals surface area contributed by atoms with Crippen LogP contribution in [0.15, 0.2) is 40.0 Å². The van der Waals surface area contributed by atoms with Gasteiger partial charge in [-0.1, -0.05) is 23.4 Å². The van der Waals surface area contributed by atoms with Gasteiger partial charge in [0.15, 0.2) is 0 Å².